The van der Waals surface area contributed by atoms with E-state index in [2.05, 4.69) is 10.2 Å². The molecule has 0 aromatic heterocycles. The van der Waals surface area contributed by atoms with Crippen LogP contribution in [0.5, 0.6) is 0 Å². The van der Waals surface area contributed by atoms with Gasteiger partial charge in [-0.05, 0) is 55.7 Å². The Bertz CT molecular complexity index is 1060. The molecule has 5 rings (SSSR count). The number of nitrogens with one attached hydrogen (secondary N) is 1. The molecule has 0 bridgehead atoms. The van der Waals surface area contributed by atoms with E-state index < -0.39 is 35.8 Å². The molecule has 174 valence electrons. The summed E-state index contributed by atoms with van der Waals surface area (Å²) in [5.41, 5.74) is 1.44. The number of piperidine rings is 3. The third-order valence-electron chi connectivity index (χ3n) is 7.54. The molecular formula is C23H26N4O6. The quantitative estimate of drug-likeness (QED) is 0.648. The first-order chi connectivity index (χ1) is 15.8. The molecule has 4 aliphatic rings. The maximum absolute atomic E-state index is 13.1. The van der Waals surface area contributed by atoms with Crippen LogP contribution in [0.2, 0.25) is 0 Å². The first kappa shape index (κ1) is 21.4. The minimum Gasteiger partial charge on any atom is -0.465 e. The molecule has 3 saturated heterocycles. The normalized spacial score (nSPS) is 24.8. The Morgan fingerprint density at radius 1 is 1.00 bits per heavy atom. The molecule has 10 heteroatoms. The Morgan fingerprint density at radius 3 is 2.42 bits per heavy atom. The largest absolute Gasteiger partial charge is 0.465 e. The van der Waals surface area contributed by atoms with Crippen LogP contribution >= 0.6 is 0 Å². The fourth-order valence-electron chi connectivity index (χ4n) is 5.66. The van der Waals surface area contributed by atoms with Gasteiger partial charge in [0.05, 0.1) is 11.1 Å². The lowest BCUT2D eigenvalue weighted by molar-refractivity contribution is -0.136. The summed E-state index contributed by atoms with van der Waals surface area (Å²) in [5.74, 6) is -2.03. The van der Waals surface area contributed by atoms with Crippen LogP contribution < -0.4 is 10.2 Å². The molecule has 1 unspecified atom stereocenters. The lowest BCUT2D eigenvalue weighted by atomic mass is 9.72. The molecule has 10 nitrogen and oxygen atoms in total. The molecule has 4 aliphatic heterocycles. The third-order valence-corrected chi connectivity index (χ3v) is 7.54. The molecule has 33 heavy (non-hydrogen) atoms. The SMILES string of the molecule is O=C1CCC(N2C(=O)c3ccc(N4CCCC5(CCN(C(=O)O)CC5)C4)cc3C2=O)C(=O)N1. The van der Waals surface area contributed by atoms with E-state index in [1.54, 1.807) is 12.1 Å². The molecule has 3 fully saturated rings. The van der Waals surface area contributed by atoms with Crippen molar-refractivity contribution in [1.29, 1.82) is 0 Å². The van der Waals surface area contributed by atoms with E-state index in [0.717, 1.165) is 49.4 Å². The molecular weight excluding hydrogens is 428 g/mol. The highest BCUT2D eigenvalue weighted by atomic mass is 16.4. The van der Waals surface area contributed by atoms with Gasteiger partial charge in [-0.3, -0.25) is 29.4 Å². The fourth-order valence-corrected chi connectivity index (χ4v) is 5.66. The molecule has 0 aliphatic carbocycles. The maximum atomic E-state index is 13.1. The van der Waals surface area contributed by atoms with E-state index in [4.69, 9.17) is 0 Å². The highest BCUT2D eigenvalue weighted by Crippen LogP contribution is 2.42. The van der Waals surface area contributed by atoms with Crippen LogP contribution in [-0.2, 0) is 9.59 Å². The summed E-state index contributed by atoms with van der Waals surface area (Å²) < 4.78 is 0. The minimum absolute atomic E-state index is 0.0435. The van der Waals surface area contributed by atoms with Crippen molar-refractivity contribution in [3.05, 3.63) is 29.3 Å². The number of fused-ring (bicyclic) bond motifs is 1. The highest BCUT2D eigenvalue weighted by Gasteiger charge is 2.45. The minimum atomic E-state index is -0.976. The maximum Gasteiger partial charge on any atom is 0.407 e. The molecule has 1 spiro atoms. The number of anilines is 1. The van der Waals surface area contributed by atoms with Crippen LogP contribution in [0.25, 0.3) is 0 Å². The number of likely N-dealkylation sites (tertiary alicyclic amines) is 1. The van der Waals surface area contributed by atoms with Gasteiger partial charge in [0.25, 0.3) is 11.8 Å². The van der Waals surface area contributed by atoms with E-state index in [0.29, 0.717) is 13.1 Å². The third kappa shape index (κ3) is 3.63. The monoisotopic (exact) mass is 454 g/mol. The van der Waals surface area contributed by atoms with Crippen molar-refractivity contribution >= 4 is 35.4 Å². The summed E-state index contributed by atoms with van der Waals surface area (Å²) in [5, 5.41) is 11.5. The van der Waals surface area contributed by atoms with Gasteiger partial charge < -0.3 is 14.9 Å². The number of carbonyl (C=O) groups is 5. The summed E-state index contributed by atoms with van der Waals surface area (Å²) in [6.45, 7) is 2.66. The molecule has 4 heterocycles. The number of amides is 5. The van der Waals surface area contributed by atoms with Crippen LogP contribution in [0.4, 0.5) is 10.5 Å². The molecule has 1 atom stereocenters. The van der Waals surface area contributed by atoms with Crippen LogP contribution in [0.1, 0.15) is 59.2 Å². The van der Waals surface area contributed by atoms with Crippen LogP contribution in [0.3, 0.4) is 0 Å². The summed E-state index contributed by atoms with van der Waals surface area (Å²) in [7, 11) is 0. The second-order valence-electron chi connectivity index (χ2n) is 9.47. The Labute approximate surface area is 190 Å². The number of benzene rings is 1. The van der Waals surface area contributed by atoms with Gasteiger partial charge in [-0.25, -0.2) is 4.79 Å². The van der Waals surface area contributed by atoms with Crippen molar-refractivity contribution in [2.75, 3.05) is 31.1 Å². The van der Waals surface area contributed by atoms with E-state index in [-0.39, 0.29) is 29.4 Å². The van der Waals surface area contributed by atoms with Crippen molar-refractivity contribution in [1.82, 2.24) is 15.1 Å². The van der Waals surface area contributed by atoms with Gasteiger partial charge in [-0.2, -0.15) is 0 Å². The number of nitrogens with zero attached hydrogens (tertiary/aromatic N) is 3. The molecule has 2 N–H and O–H groups in total. The first-order valence-corrected chi connectivity index (χ1v) is 11.4. The number of carboxylic acid groups (broad SMARTS) is 1. The topological polar surface area (TPSA) is 127 Å². The fraction of sp³-hybridized carbons (Fsp3) is 0.522. The summed E-state index contributed by atoms with van der Waals surface area (Å²) in [6, 6.07) is 4.23. The average molecular weight is 454 g/mol. The smallest absolute Gasteiger partial charge is 0.407 e. The Morgan fingerprint density at radius 2 is 1.73 bits per heavy atom. The van der Waals surface area contributed by atoms with Gasteiger partial charge >= 0.3 is 6.09 Å². The van der Waals surface area contributed by atoms with Gasteiger partial charge in [0.15, 0.2) is 0 Å². The van der Waals surface area contributed by atoms with E-state index in [9.17, 15) is 29.1 Å². The van der Waals surface area contributed by atoms with Crippen LogP contribution in [0.15, 0.2) is 18.2 Å². The predicted octanol–water partition coefficient (Wildman–Crippen LogP) is 1.45. The van der Waals surface area contributed by atoms with E-state index in [1.807, 2.05) is 6.07 Å². The molecule has 1 aromatic rings. The van der Waals surface area contributed by atoms with Crippen molar-refractivity contribution in [2.24, 2.45) is 5.41 Å². The van der Waals surface area contributed by atoms with Crippen molar-refractivity contribution < 1.29 is 29.1 Å². The highest BCUT2D eigenvalue weighted by molar-refractivity contribution is 6.23. The van der Waals surface area contributed by atoms with Gasteiger partial charge in [0, 0.05) is 38.3 Å². The zero-order chi connectivity index (χ0) is 23.3. The molecule has 5 amide bonds. The number of rotatable bonds is 2. The number of hydrogen-bond donors (Lipinski definition) is 2. The molecule has 0 saturated carbocycles. The van der Waals surface area contributed by atoms with Gasteiger partial charge in [0.2, 0.25) is 11.8 Å². The van der Waals surface area contributed by atoms with E-state index >= 15 is 0 Å². The van der Waals surface area contributed by atoms with Gasteiger partial charge in [-0.1, -0.05) is 0 Å². The first-order valence-electron chi connectivity index (χ1n) is 11.4. The zero-order valence-electron chi connectivity index (χ0n) is 18.2. The molecule has 1 aromatic carbocycles. The molecule has 0 radical (unpaired) electrons. The van der Waals surface area contributed by atoms with Gasteiger partial charge in [0.1, 0.15) is 6.04 Å². The number of hydrogen-bond acceptors (Lipinski definition) is 6. The van der Waals surface area contributed by atoms with Gasteiger partial charge in [-0.15, -0.1) is 0 Å². The summed E-state index contributed by atoms with van der Waals surface area (Å²) >= 11 is 0. The summed E-state index contributed by atoms with van der Waals surface area (Å²) in [4.78, 5) is 65.7. The summed E-state index contributed by atoms with van der Waals surface area (Å²) in [6.07, 6.45) is 2.97. The number of carbonyl (C=O) groups excluding carboxylic acids is 4. The second-order valence-corrected chi connectivity index (χ2v) is 9.47. The average Bonchev–Trinajstić information content (AvgIpc) is 3.04. The lowest BCUT2D eigenvalue weighted by Gasteiger charge is -2.48. The van der Waals surface area contributed by atoms with Crippen molar-refractivity contribution in [3.8, 4) is 0 Å². The lowest BCUT2D eigenvalue weighted by Crippen LogP contribution is -2.54. The zero-order valence-corrected chi connectivity index (χ0v) is 18.2. The van der Waals surface area contributed by atoms with E-state index in [1.165, 1.54) is 4.90 Å². The predicted molar refractivity (Wildman–Crippen MR) is 116 cm³/mol. The number of imide groups is 2. The van der Waals surface area contributed by atoms with Crippen LogP contribution in [-0.4, -0.2) is 76.8 Å². The van der Waals surface area contributed by atoms with Crippen molar-refractivity contribution in [2.45, 2.75) is 44.6 Å². The van der Waals surface area contributed by atoms with Crippen LogP contribution in [0, 0.1) is 5.41 Å². The Hall–Kier alpha value is -3.43. The standard InChI is InChI=1S/C23H26N4O6/c28-18-5-4-17(19(29)24-18)27-20(30)15-3-2-14(12-16(15)21(27)31)26-9-1-6-23(13-26)7-10-25(11-8-23)22(32)33/h2-3,12,17H,1,4-11,13H2,(H,32,33)(H,24,28,29). The van der Waals surface area contributed by atoms with Crippen molar-refractivity contribution in [3.63, 3.8) is 0 Å². The Kier molecular flexibility index (Phi) is 5.10. The second kappa shape index (κ2) is 7.86. The Balaban J connectivity index is 1.35.